The minimum absolute atomic E-state index is 0.176. The van der Waals surface area contributed by atoms with E-state index in [-0.39, 0.29) is 12.0 Å². The molecular formula is C13H18F2N2. The molecule has 0 radical (unpaired) electrons. The van der Waals surface area contributed by atoms with E-state index in [1.54, 1.807) is 0 Å². The molecule has 1 aliphatic rings. The molecule has 1 heterocycles. The fourth-order valence-corrected chi connectivity index (χ4v) is 2.04. The maximum absolute atomic E-state index is 12.7. The first-order valence-electron chi connectivity index (χ1n) is 5.69. The van der Waals surface area contributed by atoms with Gasteiger partial charge in [0.25, 0.3) is 0 Å². The van der Waals surface area contributed by atoms with Gasteiger partial charge in [0.15, 0.2) is 0 Å². The molecule has 0 bridgehead atoms. The minimum atomic E-state index is -1.09. The van der Waals surface area contributed by atoms with Crippen LogP contribution in [0.4, 0.5) is 8.78 Å². The van der Waals surface area contributed by atoms with Crippen LogP contribution in [-0.2, 0) is 0 Å². The maximum atomic E-state index is 12.7. The average Bonchev–Trinajstić information content (AvgIpc) is 2.39. The second-order valence-electron chi connectivity index (χ2n) is 4.01. The lowest BCUT2D eigenvalue weighted by Gasteiger charge is -2.32. The predicted molar refractivity (Wildman–Crippen MR) is 65.9 cm³/mol. The standard InChI is InChI=1S/C13H18F2N2/c1-3-10(4-5-11(15)8-14)12-6-7-17-9-13(12)16-2/h1,4-5,12-13,16-17H,6-9H2,2H3/b10-4+,11-5+/t12-,13+/m0/s1. The van der Waals surface area contributed by atoms with Gasteiger partial charge in [0.2, 0.25) is 0 Å². The molecule has 0 spiro atoms. The molecule has 4 heteroatoms. The van der Waals surface area contributed by atoms with Crippen molar-refractivity contribution in [3.63, 3.8) is 0 Å². The van der Waals surface area contributed by atoms with Gasteiger partial charge in [-0.3, -0.25) is 0 Å². The summed E-state index contributed by atoms with van der Waals surface area (Å²) >= 11 is 0. The zero-order valence-corrected chi connectivity index (χ0v) is 9.97. The van der Waals surface area contributed by atoms with E-state index in [1.165, 1.54) is 6.08 Å². The molecule has 0 unspecified atom stereocenters. The lowest BCUT2D eigenvalue weighted by molar-refractivity contribution is 0.331. The number of likely N-dealkylation sites (N-methyl/N-ethyl adjacent to an activating group) is 1. The van der Waals surface area contributed by atoms with Gasteiger partial charge in [0.1, 0.15) is 12.5 Å². The van der Waals surface area contributed by atoms with Gasteiger partial charge in [0.05, 0.1) is 0 Å². The molecule has 1 rings (SSSR count). The lowest BCUT2D eigenvalue weighted by Crippen LogP contribution is -2.48. The van der Waals surface area contributed by atoms with Crippen molar-refractivity contribution in [2.45, 2.75) is 12.5 Å². The molecule has 0 aliphatic carbocycles. The first-order valence-corrected chi connectivity index (χ1v) is 5.69. The smallest absolute Gasteiger partial charge is 0.141 e. The SMILES string of the molecule is C#C/C(=C\C=C(\F)CF)[C@@H]1CCNC[C@H]1NC. The van der Waals surface area contributed by atoms with E-state index in [0.717, 1.165) is 31.2 Å². The molecule has 2 atom stereocenters. The van der Waals surface area contributed by atoms with Crippen molar-refractivity contribution in [3.05, 3.63) is 23.6 Å². The van der Waals surface area contributed by atoms with Gasteiger partial charge < -0.3 is 10.6 Å². The highest BCUT2D eigenvalue weighted by Gasteiger charge is 2.25. The van der Waals surface area contributed by atoms with Crippen molar-refractivity contribution in [2.75, 3.05) is 26.8 Å². The van der Waals surface area contributed by atoms with Crippen LogP contribution in [0.5, 0.6) is 0 Å². The molecule has 0 aromatic heterocycles. The van der Waals surface area contributed by atoms with E-state index in [2.05, 4.69) is 16.6 Å². The molecular weight excluding hydrogens is 222 g/mol. The molecule has 2 nitrogen and oxygen atoms in total. The number of hydrogen-bond acceptors (Lipinski definition) is 2. The Labute approximate surface area is 101 Å². The van der Waals surface area contributed by atoms with E-state index in [1.807, 2.05) is 7.05 Å². The number of terminal acetylenes is 1. The van der Waals surface area contributed by atoms with E-state index < -0.39 is 12.5 Å². The summed E-state index contributed by atoms with van der Waals surface area (Å²) in [6.45, 7) is 0.628. The maximum Gasteiger partial charge on any atom is 0.141 e. The van der Waals surface area contributed by atoms with Crippen molar-refractivity contribution in [2.24, 2.45) is 5.92 Å². The second-order valence-corrected chi connectivity index (χ2v) is 4.01. The Morgan fingerprint density at radius 3 is 2.94 bits per heavy atom. The van der Waals surface area contributed by atoms with Crippen LogP contribution in [0.15, 0.2) is 23.6 Å². The zero-order chi connectivity index (χ0) is 12.7. The summed E-state index contributed by atoms with van der Waals surface area (Å²) in [7, 11) is 1.87. The number of alkyl halides is 1. The summed E-state index contributed by atoms with van der Waals surface area (Å²) in [5.41, 5.74) is 0.717. The van der Waals surface area contributed by atoms with E-state index >= 15 is 0 Å². The van der Waals surface area contributed by atoms with E-state index in [4.69, 9.17) is 6.42 Å². The van der Waals surface area contributed by atoms with Crippen molar-refractivity contribution in [1.82, 2.24) is 10.6 Å². The first-order chi connectivity index (χ1) is 8.22. The number of halogens is 2. The Morgan fingerprint density at radius 1 is 1.59 bits per heavy atom. The molecule has 17 heavy (non-hydrogen) atoms. The highest BCUT2D eigenvalue weighted by molar-refractivity contribution is 5.34. The third-order valence-electron chi connectivity index (χ3n) is 2.99. The van der Waals surface area contributed by atoms with Gasteiger partial charge in [-0.25, -0.2) is 8.78 Å². The average molecular weight is 240 g/mol. The molecule has 1 saturated heterocycles. The van der Waals surface area contributed by atoms with Gasteiger partial charge in [-0.2, -0.15) is 0 Å². The summed E-state index contributed by atoms with van der Waals surface area (Å²) in [5, 5.41) is 6.45. The normalized spacial score (nSPS) is 26.7. The van der Waals surface area contributed by atoms with Crippen LogP contribution in [0.3, 0.4) is 0 Å². The van der Waals surface area contributed by atoms with Crippen LogP contribution < -0.4 is 10.6 Å². The number of hydrogen-bond donors (Lipinski definition) is 2. The Kier molecular flexibility index (Phi) is 5.88. The molecule has 0 aromatic carbocycles. The topological polar surface area (TPSA) is 24.1 Å². The minimum Gasteiger partial charge on any atom is -0.315 e. The van der Waals surface area contributed by atoms with Gasteiger partial charge in [0, 0.05) is 24.1 Å². The Bertz CT molecular complexity index is 342. The van der Waals surface area contributed by atoms with Gasteiger partial charge >= 0.3 is 0 Å². The number of piperidine rings is 1. The Hall–Kier alpha value is -1.18. The van der Waals surface area contributed by atoms with Crippen molar-refractivity contribution >= 4 is 0 Å². The van der Waals surface area contributed by atoms with Crippen LogP contribution in [-0.4, -0.2) is 32.9 Å². The molecule has 0 amide bonds. The monoisotopic (exact) mass is 240 g/mol. The van der Waals surface area contributed by atoms with Crippen molar-refractivity contribution in [1.29, 1.82) is 0 Å². The van der Waals surface area contributed by atoms with Crippen molar-refractivity contribution < 1.29 is 8.78 Å². The van der Waals surface area contributed by atoms with Crippen molar-refractivity contribution in [3.8, 4) is 12.3 Å². The summed E-state index contributed by atoms with van der Waals surface area (Å²) in [6, 6.07) is 0.230. The van der Waals surface area contributed by atoms with Crippen LogP contribution in [0.1, 0.15) is 6.42 Å². The van der Waals surface area contributed by atoms with Gasteiger partial charge in [-0.1, -0.05) is 5.92 Å². The lowest BCUT2D eigenvalue weighted by atomic mass is 9.86. The zero-order valence-electron chi connectivity index (χ0n) is 9.97. The molecule has 1 fully saturated rings. The molecule has 94 valence electrons. The molecule has 0 aromatic rings. The second kappa shape index (κ2) is 7.21. The molecule has 1 aliphatic heterocycles. The Morgan fingerprint density at radius 2 is 2.35 bits per heavy atom. The summed E-state index contributed by atoms with van der Waals surface area (Å²) in [4.78, 5) is 0. The van der Waals surface area contributed by atoms with Crippen LogP contribution in [0.25, 0.3) is 0 Å². The first kappa shape index (κ1) is 13.9. The highest BCUT2D eigenvalue weighted by atomic mass is 19.2. The number of nitrogens with one attached hydrogen (secondary N) is 2. The third kappa shape index (κ3) is 3.95. The number of allylic oxidation sites excluding steroid dienone is 3. The molecule has 2 N–H and O–H groups in total. The summed E-state index contributed by atoms with van der Waals surface area (Å²) < 4.78 is 24.7. The fourth-order valence-electron chi connectivity index (χ4n) is 2.04. The van der Waals surface area contributed by atoms with Crippen LogP contribution in [0, 0.1) is 18.3 Å². The summed E-state index contributed by atoms with van der Waals surface area (Å²) in [6.07, 6.45) is 8.96. The van der Waals surface area contributed by atoms with Gasteiger partial charge in [-0.15, -0.1) is 6.42 Å². The largest absolute Gasteiger partial charge is 0.315 e. The highest BCUT2D eigenvalue weighted by Crippen LogP contribution is 2.21. The quantitative estimate of drug-likeness (QED) is 0.575. The predicted octanol–water partition coefficient (Wildman–Crippen LogP) is 1.57. The van der Waals surface area contributed by atoms with E-state index in [9.17, 15) is 8.78 Å². The van der Waals surface area contributed by atoms with Crippen LogP contribution in [0.2, 0.25) is 0 Å². The van der Waals surface area contributed by atoms with Gasteiger partial charge in [-0.05, 0) is 32.2 Å². The third-order valence-corrected chi connectivity index (χ3v) is 2.99. The molecule has 0 saturated carbocycles. The van der Waals surface area contributed by atoms with E-state index in [0.29, 0.717) is 0 Å². The number of rotatable bonds is 4. The van der Waals surface area contributed by atoms with Crippen LogP contribution >= 0.6 is 0 Å². The Balaban J connectivity index is 2.82. The summed E-state index contributed by atoms with van der Waals surface area (Å²) in [5.74, 6) is 1.95. The fraction of sp³-hybridized carbons (Fsp3) is 0.538.